The number of carbonyl (C=O) groups excluding carboxylic acids is 5. The molecule has 1 N–H and O–H groups in total. The van der Waals surface area contributed by atoms with Gasteiger partial charge in [0.05, 0.1) is 5.56 Å². The lowest BCUT2D eigenvalue weighted by atomic mass is 10.0. The van der Waals surface area contributed by atoms with E-state index in [4.69, 9.17) is 4.74 Å². The molecule has 0 spiro atoms. The van der Waals surface area contributed by atoms with Gasteiger partial charge in [0.25, 0.3) is 11.8 Å². The fourth-order valence-electron chi connectivity index (χ4n) is 3.81. The number of anilines is 1. The first-order valence-electron chi connectivity index (χ1n) is 10.4. The molecule has 2 saturated heterocycles. The summed E-state index contributed by atoms with van der Waals surface area (Å²) < 4.78 is 5.39. The van der Waals surface area contributed by atoms with E-state index < -0.39 is 41.4 Å². The minimum absolute atomic E-state index is 0.0239. The van der Waals surface area contributed by atoms with Gasteiger partial charge in [0, 0.05) is 38.8 Å². The largest absolute Gasteiger partial charge is 0.444 e. The van der Waals surface area contributed by atoms with Crippen LogP contribution in [0.2, 0.25) is 0 Å². The summed E-state index contributed by atoms with van der Waals surface area (Å²) in [4.78, 5) is 74.2. The number of nitrogens with one attached hydrogen (secondary N) is 1. The van der Waals surface area contributed by atoms with Gasteiger partial charge in [-0.05, 0) is 27.2 Å². The van der Waals surface area contributed by atoms with Gasteiger partial charge in [0.15, 0.2) is 0 Å². The number of hydrogen-bond acceptors (Lipinski definition) is 9. The molecule has 32 heavy (non-hydrogen) atoms. The number of ether oxygens (including phenoxy) is 1. The van der Waals surface area contributed by atoms with Gasteiger partial charge in [-0.2, -0.15) is 0 Å². The minimum Gasteiger partial charge on any atom is -0.444 e. The molecule has 12 heteroatoms. The van der Waals surface area contributed by atoms with Gasteiger partial charge < -0.3 is 14.5 Å². The van der Waals surface area contributed by atoms with Gasteiger partial charge in [-0.25, -0.2) is 14.8 Å². The maximum absolute atomic E-state index is 12.9. The molecule has 2 fully saturated rings. The number of fused-ring (bicyclic) bond motifs is 1. The molecule has 0 aliphatic carbocycles. The molecule has 4 heterocycles. The van der Waals surface area contributed by atoms with Gasteiger partial charge in [-0.15, -0.1) is 0 Å². The first-order valence-corrected chi connectivity index (χ1v) is 10.4. The van der Waals surface area contributed by atoms with Crippen molar-refractivity contribution in [3.8, 4) is 0 Å². The molecular formula is C20H24N6O6. The number of hydrogen-bond donors (Lipinski definition) is 1. The lowest BCUT2D eigenvalue weighted by molar-refractivity contribution is -0.136. The predicted molar refractivity (Wildman–Crippen MR) is 109 cm³/mol. The molecule has 3 aliphatic rings. The second-order valence-electron chi connectivity index (χ2n) is 8.83. The average Bonchev–Trinajstić information content (AvgIpc) is 2.97. The van der Waals surface area contributed by atoms with Crippen LogP contribution in [0.1, 0.15) is 54.5 Å². The van der Waals surface area contributed by atoms with Crippen LogP contribution in [0.25, 0.3) is 0 Å². The quantitative estimate of drug-likeness (QED) is 0.621. The van der Waals surface area contributed by atoms with E-state index in [1.54, 1.807) is 25.7 Å². The lowest BCUT2D eigenvalue weighted by Crippen LogP contribution is -2.54. The number of imide groups is 2. The molecule has 170 valence electrons. The summed E-state index contributed by atoms with van der Waals surface area (Å²) in [5.74, 6) is -2.19. The third kappa shape index (κ3) is 3.99. The molecular weight excluding hydrogens is 420 g/mol. The normalized spacial score (nSPS) is 21.6. The van der Waals surface area contributed by atoms with E-state index in [1.165, 1.54) is 6.20 Å². The Bertz CT molecular complexity index is 1010. The fourth-order valence-corrected chi connectivity index (χ4v) is 3.81. The van der Waals surface area contributed by atoms with E-state index in [9.17, 15) is 24.0 Å². The second-order valence-corrected chi connectivity index (χ2v) is 8.83. The summed E-state index contributed by atoms with van der Waals surface area (Å²) in [5, 5.41) is 2.15. The van der Waals surface area contributed by atoms with Crippen LogP contribution >= 0.6 is 0 Å². The Hall–Kier alpha value is -3.57. The first kappa shape index (κ1) is 21.7. The Balaban J connectivity index is 1.46. The van der Waals surface area contributed by atoms with Gasteiger partial charge in [-0.3, -0.25) is 29.4 Å². The van der Waals surface area contributed by atoms with Crippen LogP contribution in [0.15, 0.2) is 6.20 Å². The zero-order valence-electron chi connectivity index (χ0n) is 18.1. The molecule has 1 aromatic rings. The highest BCUT2D eigenvalue weighted by molar-refractivity contribution is 6.22. The van der Waals surface area contributed by atoms with Crippen molar-refractivity contribution in [3.05, 3.63) is 17.5 Å². The van der Waals surface area contributed by atoms with Crippen molar-refractivity contribution >= 4 is 35.7 Å². The summed E-state index contributed by atoms with van der Waals surface area (Å²) >= 11 is 0. The number of aromatic nitrogens is 2. The molecule has 4 rings (SSSR count). The molecule has 1 atom stereocenters. The van der Waals surface area contributed by atoms with Crippen LogP contribution in [0.4, 0.5) is 10.7 Å². The first-order chi connectivity index (χ1) is 15.0. The van der Waals surface area contributed by atoms with Crippen LogP contribution in [0, 0.1) is 0 Å². The lowest BCUT2D eigenvalue weighted by Gasteiger charge is -2.35. The van der Waals surface area contributed by atoms with Crippen LogP contribution in [-0.2, 0) is 14.3 Å². The van der Waals surface area contributed by atoms with Crippen LogP contribution in [0.5, 0.6) is 0 Å². The molecule has 3 aliphatic heterocycles. The Morgan fingerprint density at radius 2 is 1.78 bits per heavy atom. The minimum atomic E-state index is -1.05. The molecule has 0 unspecified atom stereocenters. The number of piperazine rings is 1. The number of rotatable bonds is 2. The van der Waals surface area contributed by atoms with Crippen LogP contribution < -0.4 is 10.2 Å². The van der Waals surface area contributed by atoms with Gasteiger partial charge in [0.2, 0.25) is 17.8 Å². The summed E-state index contributed by atoms with van der Waals surface area (Å²) in [5.41, 5.74) is -0.631. The zero-order chi connectivity index (χ0) is 23.2. The molecule has 0 bridgehead atoms. The number of amides is 5. The topological polar surface area (TPSA) is 142 Å². The van der Waals surface area contributed by atoms with E-state index in [2.05, 4.69) is 15.3 Å². The highest BCUT2D eigenvalue weighted by Crippen LogP contribution is 2.27. The van der Waals surface area contributed by atoms with Crippen molar-refractivity contribution in [2.45, 2.75) is 45.3 Å². The number of nitrogens with zero attached hydrogens (tertiary/aromatic N) is 5. The van der Waals surface area contributed by atoms with Crippen LogP contribution in [0.3, 0.4) is 0 Å². The summed E-state index contributed by atoms with van der Waals surface area (Å²) in [6, 6.07) is -1.05. The van der Waals surface area contributed by atoms with Crippen molar-refractivity contribution in [2.24, 2.45) is 0 Å². The van der Waals surface area contributed by atoms with E-state index in [0.717, 1.165) is 4.90 Å². The average molecular weight is 444 g/mol. The van der Waals surface area contributed by atoms with E-state index in [-0.39, 0.29) is 30.0 Å². The third-order valence-electron chi connectivity index (χ3n) is 5.38. The van der Waals surface area contributed by atoms with Gasteiger partial charge in [-0.1, -0.05) is 0 Å². The van der Waals surface area contributed by atoms with E-state index in [0.29, 0.717) is 26.2 Å². The number of carbonyl (C=O) groups is 5. The zero-order valence-corrected chi connectivity index (χ0v) is 18.1. The van der Waals surface area contributed by atoms with Crippen molar-refractivity contribution in [2.75, 3.05) is 31.1 Å². The van der Waals surface area contributed by atoms with Crippen molar-refractivity contribution < 1.29 is 28.7 Å². The summed E-state index contributed by atoms with van der Waals surface area (Å²) in [6.45, 7) is 7.05. The van der Waals surface area contributed by atoms with Crippen molar-refractivity contribution in [3.63, 3.8) is 0 Å². The molecule has 0 aromatic carbocycles. The second kappa shape index (κ2) is 7.84. The van der Waals surface area contributed by atoms with Crippen LogP contribution in [-0.4, -0.2) is 87.3 Å². The smallest absolute Gasteiger partial charge is 0.410 e. The SMILES string of the molecule is CC(C)(C)OC(=O)N1CCN(c2ncc3c(n2)C(=O)N([C@H]2CCC(=O)NC2=O)C3=O)CC1. The standard InChI is InChI=1S/C20H24N6O6/c1-20(2,3)32-19(31)25-8-6-24(7-9-25)18-21-10-11-14(23-18)17(30)26(16(11)29)12-4-5-13(27)22-15(12)28/h10,12H,4-9H2,1-3H3,(H,22,27,28)/t12-/m0/s1. The Morgan fingerprint density at radius 1 is 1.09 bits per heavy atom. The molecule has 1 aromatic heterocycles. The molecule has 5 amide bonds. The highest BCUT2D eigenvalue weighted by Gasteiger charge is 2.46. The van der Waals surface area contributed by atoms with Gasteiger partial charge >= 0.3 is 6.09 Å². The fraction of sp³-hybridized carbons (Fsp3) is 0.550. The Labute approximate surface area is 183 Å². The summed E-state index contributed by atoms with van der Waals surface area (Å²) in [7, 11) is 0. The third-order valence-corrected chi connectivity index (χ3v) is 5.38. The Kier molecular flexibility index (Phi) is 5.31. The van der Waals surface area contributed by atoms with Crippen molar-refractivity contribution in [1.82, 2.24) is 25.1 Å². The molecule has 0 saturated carbocycles. The highest BCUT2D eigenvalue weighted by atomic mass is 16.6. The Morgan fingerprint density at radius 3 is 2.41 bits per heavy atom. The van der Waals surface area contributed by atoms with Crippen molar-refractivity contribution in [1.29, 1.82) is 0 Å². The summed E-state index contributed by atoms with van der Waals surface area (Å²) in [6.07, 6.45) is 1.00. The predicted octanol–water partition coefficient (Wildman–Crippen LogP) is -0.0651. The van der Waals surface area contributed by atoms with E-state index >= 15 is 0 Å². The maximum Gasteiger partial charge on any atom is 0.410 e. The maximum atomic E-state index is 12.9. The monoisotopic (exact) mass is 444 g/mol. The molecule has 12 nitrogen and oxygen atoms in total. The number of piperidine rings is 1. The van der Waals surface area contributed by atoms with E-state index in [1.807, 2.05) is 4.90 Å². The molecule has 0 radical (unpaired) electrons. The van der Waals surface area contributed by atoms with Gasteiger partial charge in [0.1, 0.15) is 17.3 Å².